The number of nitrogens with one attached hydrogen (secondary N) is 1. The van der Waals surface area contributed by atoms with Crippen LogP contribution in [0.5, 0.6) is 0 Å². The first-order chi connectivity index (χ1) is 9.85. The van der Waals surface area contributed by atoms with E-state index in [9.17, 15) is 17.2 Å². The van der Waals surface area contributed by atoms with Crippen LogP contribution in [0.3, 0.4) is 0 Å². The first kappa shape index (κ1) is 15.9. The number of nitrogen functional groups attached to an aromatic ring is 1. The lowest BCUT2D eigenvalue weighted by Crippen LogP contribution is -2.29. The van der Waals surface area contributed by atoms with E-state index < -0.39 is 32.6 Å². The molecule has 0 aliphatic rings. The Labute approximate surface area is 125 Å². The van der Waals surface area contributed by atoms with Crippen LogP contribution in [-0.2, 0) is 10.0 Å². The van der Waals surface area contributed by atoms with Crippen molar-refractivity contribution in [2.75, 3.05) is 5.73 Å². The zero-order valence-electron chi connectivity index (χ0n) is 11.1. The van der Waals surface area contributed by atoms with E-state index in [4.69, 9.17) is 5.73 Å². The van der Waals surface area contributed by atoms with E-state index in [0.717, 1.165) is 17.0 Å². The molecule has 8 heteroatoms. The fourth-order valence-corrected chi connectivity index (χ4v) is 4.27. The van der Waals surface area contributed by atoms with Gasteiger partial charge in [0.05, 0.1) is 6.04 Å². The minimum absolute atomic E-state index is 0.172. The van der Waals surface area contributed by atoms with Crippen molar-refractivity contribution in [3.8, 4) is 0 Å². The third kappa shape index (κ3) is 3.39. The Morgan fingerprint density at radius 1 is 1.33 bits per heavy atom. The molecule has 0 saturated heterocycles. The lowest BCUT2D eigenvalue weighted by Gasteiger charge is -2.16. The molecule has 1 heterocycles. The SMILES string of the molecule is CCC(NS(=O)(=O)c1c(F)cc(N)cc1F)c1cccs1. The van der Waals surface area contributed by atoms with Crippen LogP contribution in [0.15, 0.2) is 34.5 Å². The standard InChI is InChI=1S/C13H14F2N2O2S2/c1-2-11(12-4-3-5-20-12)17-21(18,19)13-9(14)6-8(16)7-10(13)15/h3-7,11,17H,2,16H2,1H3. The number of nitrogens with two attached hydrogens (primary N) is 1. The predicted octanol–water partition coefficient (Wildman–Crippen LogP) is 3.04. The molecule has 1 atom stereocenters. The molecule has 2 rings (SSSR count). The summed E-state index contributed by atoms with van der Waals surface area (Å²) in [6.45, 7) is 1.78. The monoisotopic (exact) mass is 332 g/mol. The summed E-state index contributed by atoms with van der Waals surface area (Å²) in [4.78, 5) is -0.232. The zero-order valence-corrected chi connectivity index (χ0v) is 12.8. The average Bonchev–Trinajstić information content (AvgIpc) is 2.87. The van der Waals surface area contributed by atoms with E-state index in [0.29, 0.717) is 6.42 Å². The summed E-state index contributed by atoms with van der Waals surface area (Å²) in [5.74, 6) is -2.41. The second kappa shape index (κ2) is 6.08. The van der Waals surface area contributed by atoms with Gasteiger partial charge in [0.1, 0.15) is 11.6 Å². The molecule has 0 fully saturated rings. The third-order valence-electron chi connectivity index (χ3n) is 2.88. The maximum atomic E-state index is 13.8. The van der Waals surface area contributed by atoms with Crippen molar-refractivity contribution in [2.45, 2.75) is 24.3 Å². The second-order valence-electron chi connectivity index (χ2n) is 4.41. The van der Waals surface area contributed by atoms with Crippen molar-refractivity contribution in [3.63, 3.8) is 0 Å². The molecule has 0 radical (unpaired) electrons. The van der Waals surface area contributed by atoms with Crippen molar-refractivity contribution in [1.29, 1.82) is 0 Å². The molecule has 4 nitrogen and oxygen atoms in total. The molecule has 0 amide bonds. The molecule has 1 aromatic carbocycles. The molecule has 1 aromatic heterocycles. The summed E-state index contributed by atoms with van der Waals surface area (Å²) in [5, 5.41) is 1.80. The summed E-state index contributed by atoms with van der Waals surface area (Å²) >= 11 is 1.37. The van der Waals surface area contributed by atoms with Crippen LogP contribution in [0.1, 0.15) is 24.3 Å². The number of anilines is 1. The van der Waals surface area contributed by atoms with E-state index in [-0.39, 0.29) is 5.69 Å². The van der Waals surface area contributed by atoms with Crippen LogP contribution < -0.4 is 10.5 Å². The number of thiophene rings is 1. The number of hydrogen-bond donors (Lipinski definition) is 2. The van der Waals surface area contributed by atoms with Crippen LogP contribution in [0.4, 0.5) is 14.5 Å². The van der Waals surface area contributed by atoms with Gasteiger partial charge in [0.15, 0.2) is 4.90 Å². The van der Waals surface area contributed by atoms with Gasteiger partial charge in [-0.05, 0) is 30.0 Å². The molecular weight excluding hydrogens is 318 g/mol. The average molecular weight is 332 g/mol. The minimum Gasteiger partial charge on any atom is -0.399 e. The molecule has 0 saturated carbocycles. The van der Waals surface area contributed by atoms with Gasteiger partial charge < -0.3 is 5.73 Å². The Bertz CT molecular complexity index is 708. The predicted molar refractivity (Wildman–Crippen MR) is 78.4 cm³/mol. The summed E-state index contributed by atoms with van der Waals surface area (Å²) in [6.07, 6.45) is 0.456. The molecule has 3 N–H and O–H groups in total. The number of hydrogen-bond acceptors (Lipinski definition) is 4. The Morgan fingerprint density at radius 3 is 2.43 bits per heavy atom. The molecule has 114 valence electrons. The van der Waals surface area contributed by atoms with Gasteiger partial charge in [0.25, 0.3) is 0 Å². The molecule has 21 heavy (non-hydrogen) atoms. The van der Waals surface area contributed by atoms with E-state index in [2.05, 4.69) is 4.72 Å². The molecule has 2 aromatic rings. The van der Waals surface area contributed by atoms with Crippen molar-refractivity contribution in [1.82, 2.24) is 4.72 Å². The Morgan fingerprint density at radius 2 is 1.95 bits per heavy atom. The van der Waals surface area contributed by atoms with Gasteiger partial charge >= 0.3 is 0 Å². The third-order valence-corrected chi connectivity index (χ3v) is 5.39. The summed E-state index contributed by atoms with van der Waals surface area (Å²) in [5.41, 5.74) is 5.11. The molecule has 1 unspecified atom stereocenters. The van der Waals surface area contributed by atoms with Crippen LogP contribution in [0.2, 0.25) is 0 Å². The molecular formula is C13H14F2N2O2S2. The Hall–Kier alpha value is -1.51. The molecule has 0 bridgehead atoms. The smallest absolute Gasteiger partial charge is 0.247 e. The van der Waals surface area contributed by atoms with Crippen LogP contribution in [0.25, 0.3) is 0 Å². The van der Waals surface area contributed by atoms with Crippen molar-refractivity contribution in [2.24, 2.45) is 0 Å². The number of benzene rings is 1. The van der Waals surface area contributed by atoms with Gasteiger partial charge in [-0.1, -0.05) is 13.0 Å². The van der Waals surface area contributed by atoms with Crippen molar-refractivity contribution in [3.05, 3.63) is 46.2 Å². The quantitative estimate of drug-likeness (QED) is 0.827. The lowest BCUT2D eigenvalue weighted by atomic mass is 10.2. The van der Waals surface area contributed by atoms with Crippen molar-refractivity contribution >= 4 is 27.0 Å². The highest BCUT2D eigenvalue weighted by Gasteiger charge is 2.27. The van der Waals surface area contributed by atoms with E-state index >= 15 is 0 Å². The van der Waals surface area contributed by atoms with Gasteiger partial charge in [0, 0.05) is 10.6 Å². The van der Waals surface area contributed by atoms with Gasteiger partial charge in [-0.15, -0.1) is 11.3 Å². The first-order valence-corrected chi connectivity index (χ1v) is 8.51. The normalized spacial score (nSPS) is 13.3. The van der Waals surface area contributed by atoms with Crippen molar-refractivity contribution < 1.29 is 17.2 Å². The number of rotatable bonds is 5. The van der Waals surface area contributed by atoms with Crippen LogP contribution in [-0.4, -0.2) is 8.42 Å². The summed E-state index contributed by atoms with van der Waals surface area (Å²) < 4.78 is 54.3. The summed E-state index contributed by atoms with van der Waals surface area (Å²) in [7, 11) is -4.32. The minimum atomic E-state index is -4.32. The van der Waals surface area contributed by atoms with Gasteiger partial charge in [-0.3, -0.25) is 0 Å². The summed E-state index contributed by atoms with van der Waals surface area (Å²) in [6, 6.07) is 4.57. The van der Waals surface area contributed by atoms with E-state index in [1.165, 1.54) is 11.3 Å². The highest BCUT2D eigenvalue weighted by molar-refractivity contribution is 7.89. The van der Waals surface area contributed by atoms with E-state index in [1.807, 2.05) is 0 Å². The zero-order chi connectivity index (χ0) is 15.6. The first-order valence-electron chi connectivity index (χ1n) is 6.15. The van der Waals surface area contributed by atoms with Gasteiger partial charge in [0.2, 0.25) is 10.0 Å². The maximum Gasteiger partial charge on any atom is 0.247 e. The van der Waals surface area contributed by atoms with Gasteiger partial charge in [-0.25, -0.2) is 21.9 Å². The van der Waals surface area contributed by atoms with Crippen LogP contribution in [0, 0.1) is 11.6 Å². The fourth-order valence-electron chi connectivity index (χ4n) is 1.91. The number of sulfonamides is 1. The van der Waals surface area contributed by atoms with Crippen LogP contribution >= 0.6 is 11.3 Å². The molecule has 0 aliphatic heterocycles. The Kier molecular flexibility index (Phi) is 4.60. The Balaban J connectivity index is 2.39. The largest absolute Gasteiger partial charge is 0.399 e. The highest BCUT2D eigenvalue weighted by atomic mass is 32.2. The van der Waals surface area contributed by atoms with E-state index in [1.54, 1.807) is 24.4 Å². The maximum absolute atomic E-state index is 13.8. The number of halogens is 2. The second-order valence-corrected chi connectivity index (χ2v) is 7.04. The molecule has 0 aliphatic carbocycles. The lowest BCUT2D eigenvalue weighted by molar-refractivity contribution is 0.505. The topological polar surface area (TPSA) is 72.2 Å². The highest BCUT2D eigenvalue weighted by Crippen LogP contribution is 2.27. The van der Waals surface area contributed by atoms with Gasteiger partial charge in [-0.2, -0.15) is 0 Å². The fraction of sp³-hybridized carbons (Fsp3) is 0.231. The molecule has 0 spiro atoms.